The van der Waals surface area contributed by atoms with Crippen LogP contribution >= 0.6 is 23.4 Å². The Morgan fingerprint density at radius 2 is 2.07 bits per heavy atom. The normalized spacial score (nSPS) is 15.5. The number of methoxy groups -OCH3 is 1. The van der Waals surface area contributed by atoms with Crippen molar-refractivity contribution >= 4 is 23.4 Å². The van der Waals surface area contributed by atoms with Crippen LogP contribution in [0.2, 0.25) is 5.15 Å². The molecule has 2 rings (SSSR count). The summed E-state index contributed by atoms with van der Waals surface area (Å²) in [6.07, 6.45) is 0. The van der Waals surface area contributed by atoms with Gasteiger partial charge in [0.1, 0.15) is 10.8 Å². The highest BCUT2D eigenvalue weighted by Crippen LogP contribution is 2.34. The van der Waals surface area contributed by atoms with Gasteiger partial charge in [0, 0.05) is 24.2 Å². The van der Waals surface area contributed by atoms with Crippen LogP contribution in [-0.4, -0.2) is 17.1 Å². The number of halogens is 1. The summed E-state index contributed by atoms with van der Waals surface area (Å²) in [6, 6.07) is 0. The lowest BCUT2D eigenvalue weighted by molar-refractivity contribution is 0.0113. The molecule has 0 spiro atoms. The predicted octanol–water partition coefficient (Wildman–Crippen LogP) is 2.76. The molecule has 2 heterocycles. The van der Waals surface area contributed by atoms with Crippen molar-refractivity contribution < 1.29 is 4.74 Å². The van der Waals surface area contributed by atoms with Crippen molar-refractivity contribution in [3.63, 3.8) is 0 Å². The van der Waals surface area contributed by atoms with Crippen LogP contribution < -0.4 is 0 Å². The maximum Gasteiger partial charge on any atom is 0.161 e. The molecule has 0 N–H and O–H groups in total. The predicted molar refractivity (Wildman–Crippen MR) is 62.1 cm³/mol. The van der Waals surface area contributed by atoms with Gasteiger partial charge in [-0.25, -0.2) is 9.97 Å². The molecule has 82 valence electrons. The average molecular weight is 245 g/mol. The van der Waals surface area contributed by atoms with Crippen molar-refractivity contribution in [2.75, 3.05) is 7.11 Å². The van der Waals surface area contributed by atoms with Crippen molar-refractivity contribution in [2.45, 2.75) is 31.0 Å². The summed E-state index contributed by atoms with van der Waals surface area (Å²) in [4.78, 5) is 8.82. The monoisotopic (exact) mass is 244 g/mol. The summed E-state index contributed by atoms with van der Waals surface area (Å²) in [5.41, 5.74) is 1.66. The van der Waals surface area contributed by atoms with E-state index in [1.165, 1.54) is 0 Å². The van der Waals surface area contributed by atoms with Crippen molar-refractivity contribution in [3.05, 3.63) is 22.2 Å². The molecular formula is C10H13ClN2OS. The average Bonchev–Trinajstić information content (AvgIpc) is 2.66. The number of nitrogens with zero attached hydrogens (tertiary/aromatic N) is 2. The molecule has 0 radical (unpaired) electrons. The zero-order valence-electron chi connectivity index (χ0n) is 9.00. The number of hydrogen-bond donors (Lipinski definition) is 0. The number of aromatic nitrogens is 2. The molecule has 0 aromatic carbocycles. The summed E-state index contributed by atoms with van der Waals surface area (Å²) >= 11 is 7.93. The minimum Gasteiger partial charge on any atom is -0.371 e. The number of hydrogen-bond acceptors (Lipinski definition) is 4. The first-order valence-electron chi connectivity index (χ1n) is 4.73. The maximum absolute atomic E-state index is 6.12. The van der Waals surface area contributed by atoms with Crippen molar-refractivity contribution in [1.29, 1.82) is 0 Å². The molecule has 0 amide bonds. The van der Waals surface area contributed by atoms with E-state index in [0.29, 0.717) is 11.0 Å². The van der Waals surface area contributed by atoms with E-state index < -0.39 is 5.60 Å². The molecule has 1 aliphatic heterocycles. The summed E-state index contributed by atoms with van der Waals surface area (Å²) in [5, 5.41) is 0.574. The van der Waals surface area contributed by atoms with Crippen molar-refractivity contribution in [1.82, 2.24) is 9.97 Å². The van der Waals surface area contributed by atoms with Crippen LogP contribution in [-0.2, 0) is 21.8 Å². The van der Waals surface area contributed by atoms with Gasteiger partial charge < -0.3 is 4.74 Å². The zero-order valence-corrected chi connectivity index (χ0v) is 10.6. The molecule has 0 atom stereocenters. The topological polar surface area (TPSA) is 35.0 Å². The second kappa shape index (κ2) is 3.92. The van der Waals surface area contributed by atoms with Gasteiger partial charge in [-0.1, -0.05) is 11.6 Å². The third kappa shape index (κ3) is 1.98. The Hall–Kier alpha value is -0.320. The summed E-state index contributed by atoms with van der Waals surface area (Å²) < 4.78 is 5.35. The highest BCUT2D eigenvalue weighted by Gasteiger charge is 2.27. The first-order chi connectivity index (χ1) is 7.04. The quantitative estimate of drug-likeness (QED) is 0.750. The van der Waals surface area contributed by atoms with Crippen molar-refractivity contribution in [2.24, 2.45) is 0 Å². The van der Waals surface area contributed by atoms with E-state index in [1.807, 2.05) is 25.6 Å². The summed E-state index contributed by atoms with van der Waals surface area (Å²) in [6.45, 7) is 3.88. The zero-order chi connectivity index (χ0) is 11.1. The Balaban J connectivity index is 2.48. The van der Waals surface area contributed by atoms with E-state index in [1.54, 1.807) is 7.11 Å². The van der Waals surface area contributed by atoms with Gasteiger partial charge in [0.25, 0.3) is 0 Å². The third-order valence-corrected chi connectivity index (χ3v) is 3.86. The Kier molecular flexibility index (Phi) is 2.92. The van der Waals surface area contributed by atoms with Crippen LogP contribution in [0.5, 0.6) is 0 Å². The highest BCUT2D eigenvalue weighted by molar-refractivity contribution is 7.98. The van der Waals surface area contributed by atoms with E-state index in [-0.39, 0.29) is 0 Å². The van der Waals surface area contributed by atoms with Gasteiger partial charge in [-0.15, -0.1) is 0 Å². The number of ether oxygens (including phenoxy) is 1. The van der Waals surface area contributed by atoms with Crippen LogP contribution in [0.25, 0.3) is 0 Å². The standard InChI is InChI=1S/C10H13ClN2OS/c1-10(2,14-3)9-12-7-5-15-4-6(7)8(11)13-9/h4-5H2,1-3H3. The maximum atomic E-state index is 6.12. The summed E-state index contributed by atoms with van der Waals surface area (Å²) in [7, 11) is 1.65. The smallest absolute Gasteiger partial charge is 0.161 e. The molecule has 1 aromatic rings. The van der Waals surface area contributed by atoms with Crippen LogP contribution in [0.15, 0.2) is 0 Å². The number of fused-ring (bicyclic) bond motifs is 1. The lowest BCUT2D eigenvalue weighted by Gasteiger charge is -2.21. The fourth-order valence-electron chi connectivity index (χ4n) is 1.37. The fraction of sp³-hybridized carbons (Fsp3) is 0.600. The first-order valence-corrected chi connectivity index (χ1v) is 6.26. The Morgan fingerprint density at radius 1 is 1.33 bits per heavy atom. The van der Waals surface area contributed by atoms with Gasteiger partial charge in [-0.3, -0.25) is 0 Å². The van der Waals surface area contributed by atoms with Gasteiger partial charge in [0.05, 0.1) is 5.69 Å². The minimum absolute atomic E-state index is 0.480. The fourth-order valence-corrected chi connectivity index (χ4v) is 2.75. The van der Waals surface area contributed by atoms with Crippen LogP contribution in [0.3, 0.4) is 0 Å². The third-order valence-electron chi connectivity index (χ3n) is 2.58. The molecular weight excluding hydrogens is 232 g/mol. The van der Waals surface area contributed by atoms with E-state index >= 15 is 0 Å². The van der Waals surface area contributed by atoms with Gasteiger partial charge >= 0.3 is 0 Å². The Bertz CT molecular complexity index is 395. The second-order valence-corrected chi connectivity index (χ2v) is 5.31. The SMILES string of the molecule is COC(C)(C)c1nc(Cl)c2c(n1)CSC2. The lowest BCUT2D eigenvalue weighted by atomic mass is 10.1. The van der Waals surface area contributed by atoms with E-state index in [0.717, 1.165) is 22.8 Å². The van der Waals surface area contributed by atoms with Crippen LogP contribution in [0.1, 0.15) is 30.9 Å². The Morgan fingerprint density at radius 3 is 2.73 bits per heavy atom. The second-order valence-electron chi connectivity index (χ2n) is 3.97. The molecule has 0 aliphatic carbocycles. The molecule has 0 fully saturated rings. The molecule has 0 bridgehead atoms. The molecule has 0 saturated carbocycles. The van der Waals surface area contributed by atoms with Gasteiger partial charge in [0.15, 0.2) is 5.82 Å². The number of thioether (sulfide) groups is 1. The van der Waals surface area contributed by atoms with E-state index in [9.17, 15) is 0 Å². The number of rotatable bonds is 2. The Labute approximate surface area is 98.6 Å². The van der Waals surface area contributed by atoms with Gasteiger partial charge in [-0.05, 0) is 13.8 Å². The van der Waals surface area contributed by atoms with Crippen molar-refractivity contribution in [3.8, 4) is 0 Å². The van der Waals surface area contributed by atoms with Gasteiger partial charge in [-0.2, -0.15) is 11.8 Å². The molecule has 3 nitrogen and oxygen atoms in total. The molecule has 0 unspecified atom stereocenters. The largest absolute Gasteiger partial charge is 0.371 e. The van der Waals surface area contributed by atoms with E-state index in [4.69, 9.17) is 16.3 Å². The van der Waals surface area contributed by atoms with Crippen LogP contribution in [0, 0.1) is 0 Å². The highest BCUT2D eigenvalue weighted by atomic mass is 35.5. The van der Waals surface area contributed by atoms with Gasteiger partial charge in [0.2, 0.25) is 0 Å². The van der Waals surface area contributed by atoms with E-state index in [2.05, 4.69) is 9.97 Å². The molecule has 5 heteroatoms. The molecule has 15 heavy (non-hydrogen) atoms. The van der Waals surface area contributed by atoms with Crippen LogP contribution in [0.4, 0.5) is 0 Å². The molecule has 1 aliphatic rings. The molecule has 0 saturated heterocycles. The molecule has 1 aromatic heterocycles. The summed E-state index contributed by atoms with van der Waals surface area (Å²) in [5.74, 6) is 2.50. The lowest BCUT2D eigenvalue weighted by Crippen LogP contribution is -2.23. The first kappa shape index (κ1) is 11.2. The minimum atomic E-state index is -0.480.